The number of rotatable bonds is 7. The molecule has 0 aromatic carbocycles. The van der Waals surface area contributed by atoms with Gasteiger partial charge in [-0.15, -0.1) is 0 Å². The standard InChI is InChI=1S/C16H28N4/c1-3-7-18-15-11-16(13-17-12-15)19-14-5-9-20(8-4-2)10-6-14/h11-14,18-19H,3-10H2,1-2H3. The van der Waals surface area contributed by atoms with Gasteiger partial charge in [-0.25, -0.2) is 0 Å². The number of nitrogens with zero attached hydrogens (tertiary/aromatic N) is 2. The van der Waals surface area contributed by atoms with Gasteiger partial charge in [0.05, 0.1) is 23.8 Å². The quantitative estimate of drug-likeness (QED) is 0.802. The zero-order valence-corrected chi connectivity index (χ0v) is 12.9. The molecule has 1 saturated heterocycles. The summed E-state index contributed by atoms with van der Waals surface area (Å²) in [6.07, 6.45) is 8.67. The van der Waals surface area contributed by atoms with Gasteiger partial charge < -0.3 is 15.5 Å². The van der Waals surface area contributed by atoms with Crippen LogP contribution in [0.25, 0.3) is 0 Å². The van der Waals surface area contributed by atoms with Gasteiger partial charge in [0.1, 0.15) is 0 Å². The Bertz CT molecular complexity index is 386. The van der Waals surface area contributed by atoms with Gasteiger partial charge in [0.2, 0.25) is 0 Å². The van der Waals surface area contributed by atoms with Gasteiger partial charge in [-0.1, -0.05) is 13.8 Å². The van der Waals surface area contributed by atoms with Crippen LogP contribution in [0.4, 0.5) is 11.4 Å². The van der Waals surface area contributed by atoms with Crippen molar-refractivity contribution in [1.29, 1.82) is 0 Å². The van der Waals surface area contributed by atoms with Gasteiger partial charge in [0.25, 0.3) is 0 Å². The summed E-state index contributed by atoms with van der Waals surface area (Å²) in [4.78, 5) is 6.88. The highest BCUT2D eigenvalue weighted by atomic mass is 15.1. The molecule has 0 atom stereocenters. The lowest BCUT2D eigenvalue weighted by Crippen LogP contribution is -2.39. The molecule has 2 heterocycles. The molecule has 0 radical (unpaired) electrons. The van der Waals surface area contributed by atoms with Crippen LogP contribution in [0.3, 0.4) is 0 Å². The Morgan fingerprint density at radius 2 is 1.90 bits per heavy atom. The van der Waals surface area contributed by atoms with Gasteiger partial charge in [0, 0.05) is 25.7 Å². The first-order valence-corrected chi connectivity index (χ1v) is 7.99. The Kier molecular flexibility index (Phi) is 6.12. The fourth-order valence-electron chi connectivity index (χ4n) is 2.74. The molecule has 0 saturated carbocycles. The third-order valence-corrected chi connectivity index (χ3v) is 3.82. The monoisotopic (exact) mass is 276 g/mol. The first-order valence-electron chi connectivity index (χ1n) is 7.99. The van der Waals surface area contributed by atoms with Crippen LogP contribution in [0, 0.1) is 0 Å². The van der Waals surface area contributed by atoms with E-state index < -0.39 is 0 Å². The van der Waals surface area contributed by atoms with E-state index in [1.54, 1.807) is 0 Å². The second kappa shape index (κ2) is 8.10. The van der Waals surface area contributed by atoms with Crippen molar-refractivity contribution < 1.29 is 0 Å². The number of hydrogen-bond acceptors (Lipinski definition) is 4. The third-order valence-electron chi connectivity index (χ3n) is 3.82. The average molecular weight is 276 g/mol. The van der Waals surface area contributed by atoms with E-state index in [1.807, 2.05) is 12.4 Å². The Morgan fingerprint density at radius 1 is 1.15 bits per heavy atom. The highest BCUT2D eigenvalue weighted by Gasteiger charge is 2.18. The second-order valence-electron chi connectivity index (χ2n) is 5.65. The van der Waals surface area contributed by atoms with Crippen LogP contribution in [-0.2, 0) is 0 Å². The van der Waals surface area contributed by atoms with Gasteiger partial charge in [-0.3, -0.25) is 4.98 Å². The third kappa shape index (κ3) is 4.67. The maximum Gasteiger partial charge on any atom is 0.0549 e. The molecule has 20 heavy (non-hydrogen) atoms. The molecule has 0 bridgehead atoms. The molecular formula is C16H28N4. The zero-order chi connectivity index (χ0) is 14.2. The van der Waals surface area contributed by atoms with E-state index in [-0.39, 0.29) is 0 Å². The first kappa shape index (κ1) is 15.1. The van der Waals surface area contributed by atoms with Crippen molar-refractivity contribution >= 4 is 11.4 Å². The molecule has 1 aromatic rings. The first-order chi connectivity index (χ1) is 9.81. The van der Waals surface area contributed by atoms with Gasteiger partial charge in [-0.05, 0) is 38.3 Å². The highest BCUT2D eigenvalue weighted by molar-refractivity contribution is 5.54. The van der Waals surface area contributed by atoms with Crippen molar-refractivity contribution in [1.82, 2.24) is 9.88 Å². The summed E-state index contributed by atoms with van der Waals surface area (Å²) in [7, 11) is 0. The molecule has 1 aromatic heterocycles. The summed E-state index contributed by atoms with van der Waals surface area (Å²) >= 11 is 0. The van der Waals surface area contributed by atoms with Gasteiger partial charge >= 0.3 is 0 Å². The van der Waals surface area contributed by atoms with E-state index in [0.29, 0.717) is 6.04 Å². The summed E-state index contributed by atoms with van der Waals surface area (Å²) < 4.78 is 0. The van der Waals surface area contributed by atoms with Gasteiger partial charge in [-0.2, -0.15) is 0 Å². The van der Waals surface area contributed by atoms with Crippen molar-refractivity contribution in [2.75, 3.05) is 36.8 Å². The zero-order valence-electron chi connectivity index (χ0n) is 12.9. The van der Waals surface area contributed by atoms with Crippen molar-refractivity contribution in [3.8, 4) is 0 Å². The molecule has 1 aliphatic rings. The summed E-state index contributed by atoms with van der Waals surface area (Å²) in [5, 5.41) is 7.02. The molecule has 112 valence electrons. The van der Waals surface area contributed by atoms with Crippen LogP contribution in [0.5, 0.6) is 0 Å². The van der Waals surface area contributed by atoms with E-state index in [0.717, 1.165) is 24.3 Å². The molecule has 1 fully saturated rings. The van der Waals surface area contributed by atoms with Crippen molar-refractivity contribution in [3.63, 3.8) is 0 Å². The van der Waals surface area contributed by atoms with Crippen LogP contribution in [0.1, 0.15) is 39.5 Å². The Hall–Kier alpha value is -1.29. The molecular weight excluding hydrogens is 248 g/mol. The lowest BCUT2D eigenvalue weighted by Gasteiger charge is -2.32. The number of nitrogens with one attached hydrogen (secondary N) is 2. The largest absolute Gasteiger partial charge is 0.384 e. The summed E-state index contributed by atoms with van der Waals surface area (Å²) in [5.74, 6) is 0. The number of anilines is 2. The van der Waals surface area contributed by atoms with Crippen molar-refractivity contribution in [3.05, 3.63) is 18.5 Å². The molecule has 4 heteroatoms. The number of likely N-dealkylation sites (tertiary alicyclic amines) is 1. The molecule has 0 aliphatic carbocycles. The molecule has 2 N–H and O–H groups in total. The highest BCUT2D eigenvalue weighted by Crippen LogP contribution is 2.18. The maximum atomic E-state index is 4.31. The normalized spacial score (nSPS) is 17.1. The lowest BCUT2D eigenvalue weighted by atomic mass is 10.0. The average Bonchev–Trinajstić information content (AvgIpc) is 2.48. The summed E-state index contributed by atoms with van der Waals surface area (Å²) in [5.41, 5.74) is 2.25. The second-order valence-corrected chi connectivity index (χ2v) is 5.65. The fourth-order valence-corrected chi connectivity index (χ4v) is 2.74. The molecule has 0 unspecified atom stereocenters. The number of hydrogen-bond donors (Lipinski definition) is 2. The van der Waals surface area contributed by atoms with Crippen LogP contribution in [0.2, 0.25) is 0 Å². The van der Waals surface area contributed by atoms with E-state index in [4.69, 9.17) is 0 Å². The summed E-state index contributed by atoms with van der Waals surface area (Å²) in [6.45, 7) is 9.10. The number of aromatic nitrogens is 1. The minimum atomic E-state index is 0.589. The summed E-state index contributed by atoms with van der Waals surface area (Å²) in [6, 6.07) is 2.76. The van der Waals surface area contributed by atoms with Crippen LogP contribution >= 0.6 is 0 Å². The smallest absolute Gasteiger partial charge is 0.0549 e. The van der Waals surface area contributed by atoms with Crippen molar-refractivity contribution in [2.45, 2.75) is 45.6 Å². The van der Waals surface area contributed by atoms with E-state index >= 15 is 0 Å². The molecule has 4 nitrogen and oxygen atoms in total. The predicted molar refractivity (Wildman–Crippen MR) is 86.4 cm³/mol. The topological polar surface area (TPSA) is 40.2 Å². The number of pyridine rings is 1. The molecule has 2 rings (SSSR count). The van der Waals surface area contributed by atoms with Crippen molar-refractivity contribution in [2.24, 2.45) is 0 Å². The Labute approximate surface area is 123 Å². The molecule has 0 amide bonds. The number of piperidine rings is 1. The SMILES string of the molecule is CCCNc1cncc(NC2CCN(CCC)CC2)c1. The van der Waals surface area contributed by atoms with Gasteiger partial charge in [0.15, 0.2) is 0 Å². The minimum absolute atomic E-state index is 0.589. The lowest BCUT2D eigenvalue weighted by molar-refractivity contribution is 0.219. The maximum absolute atomic E-state index is 4.31. The van der Waals surface area contributed by atoms with Crippen LogP contribution in [0.15, 0.2) is 18.5 Å². The van der Waals surface area contributed by atoms with Crippen LogP contribution < -0.4 is 10.6 Å². The van der Waals surface area contributed by atoms with E-state index in [9.17, 15) is 0 Å². The Balaban J connectivity index is 1.81. The minimum Gasteiger partial charge on any atom is -0.384 e. The van der Waals surface area contributed by atoms with Crippen LogP contribution in [-0.4, -0.2) is 42.1 Å². The Morgan fingerprint density at radius 3 is 2.60 bits per heavy atom. The molecule has 0 spiro atoms. The predicted octanol–water partition coefficient (Wildman–Crippen LogP) is 3.19. The van der Waals surface area contributed by atoms with E-state index in [2.05, 4.69) is 40.4 Å². The fraction of sp³-hybridized carbons (Fsp3) is 0.688. The van der Waals surface area contributed by atoms with E-state index in [1.165, 1.54) is 38.9 Å². The molecule has 1 aliphatic heterocycles.